The van der Waals surface area contributed by atoms with E-state index in [0.29, 0.717) is 0 Å². The predicted octanol–water partition coefficient (Wildman–Crippen LogP) is 5.04. The highest BCUT2D eigenvalue weighted by molar-refractivity contribution is 9.10. The first-order chi connectivity index (χ1) is 16.2. The van der Waals surface area contributed by atoms with Crippen LogP contribution >= 0.6 is 39.1 Å². The summed E-state index contributed by atoms with van der Waals surface area (Å²) in [4.78, 5) is 48.9. The largest absolute Gasteiger partial charge is 0.454 e. The zero-order valence-corrected chi connectivity index (χ0v) is 21.3. The molecule has 0 saturated heterocycles. The van der Waals surface area contributed by atoms with Crippen LogP contribution in [0.4, 0.5) is 16.3 Å². The number of nitrogens with zero attached hydrogens (tertiary/aromatic N) is 3. The Morgan fingerprint density at radius 1 is 1.20 bits per heavy atom. The molecule has 1 heterocycles. The molecule has 2 N–H and O–H groups in total. The highest BCUT2D eigenvalue weighted by atomic mass is 79.9. The van der Waals surface area contributed by atoms with Crippen molar-refractivity contribution in [2.45, 2.75) is 26.4 Å². The average molecular weight is 589 g/mol. The van der Waals surface area contributed by atoms with Crippen molar-refractivity contribution in [2.75, 3.05) is 5.32 Å². The van der Waals surface area contributed by atoms with Crippen LogP contribution in [0, 0.1) is 10.1 Å². The van der Waals surface area contributed by atoms with Crippen molar-refractivity contribution in [2.24, 2.45) is 0 Å². The number of hydrogen-bond acceptors (Lipinski definition) is 8. The second kappa shape index (κ2) is 10.1. The molecular formula is C20H16BrCl2N5O7. The molecule has 0 aliphatic heterocycles. The lowest BCUT2D eigenvalue weighted by Gasteiger charge is -2.19. The normalized spacial score (nSPS) is 11.1. The van der Waals surface area contributed by atoms with E-state index in [-0.39, 0.29) is 37.4 Å². The number of nitro groups is 1. The summed E-state index contributed by atoms with van der Waals surface area (Å²) in [5.74, 6) is -0.299. The van der Waals surface area contributed by atoms with Crippen LogP contribution in [0.3, 0.4) is 0 Å². The molecule has 0 spiro atoms. The number of amides is 1. The molecule has 1 aromatic heterocycles. The first-order valence-corrected chi connectivity index (χ1v) is 11.1. The van der Waals surface area contributed by atoms with Crippen LogP contribution in [0.15, 0.2) is 44.4 Å². The second-order valence-electron chi connectivity index (χ2n) is 7.86. The Balaban J connectivity index is 1.95. The summed E-state index contributed by atoms with van der Waals surface area (Å²) < 4.78 is 11.7. The van der Waals surface area contributed by atoms with Crippen LogP contribution in [0.1, 0.15) is 20.8 Å². The number of carbonyl (C=O) groups is 1. The van der Waals surface area contributed by atoms with E-state index < -0.39 is 33.7 Å². The fraction of sp³-hybridized carbons (Fsp3) is 0.200. The summed E-state index contributed by atoms with van der Waals surface area (Å²) in [6, 6.07) is 6.52. The van der Waals surface area contributed by atoms with E-state index in [4.69, 9.17) is 32.7 Å². The number of hydrogen-bond donors (Lipinski definition) is 2. The first-order valence-electron chi connectivity index (χ1n) is 9.60. The van der Waals surface area contributed by atoms with Gasteiger partial charge in [0.15, 0.2) is 5.75 Å². The van der Waals surface area contributed by atoms with Crippen molar-refractivity contribution >= 4 is 56.7 Å². The third-order valence-corrected chi connectivity index (χ3v) is 5.21. The van der Waals surface area contributed by atoms with E-state index in [1.807, 2.05) is 4.98 Å². The Morgan fingerprint density at radius 2 is 1.83 bits per heavy atom. The number of ether oxygens (including phenoxy) is 2. The molecule has 15 heteroatoms. The minimum absolute atomic E-state index is 0.00223. The van der Waals surface area contributed by atoms with Gasteiger partial charge >= 0.3 is 11.8 Å². The maximum atomic E-state index is 12.4. The zero-order chi connectivity index (χ0) is 26.1. The van der Waals surface area contributed by atoms with Crippen LogP contribution < -0.4 is 21.3 Å². The van der Waals surface area contributed by atoms with Crippen molar-refractivity contribution in [1.29, 1.82) is 0 Å². The molecule has 2 aromatic carbocycles. The summed E-state index contributed by atoms with van der Waals surface area (Å²) in [6.45, 7) is 4.90. The maximum absolute atomic E-state index is 12.4. The van der Waals surface area contributed by atoms with Gasteiger partial charge in [0, 0.05) is 12.1 Å². The first kappa shape index (κ1) is 26.2. The van der Waals surface area contributed by atoms with Crippen LogP contribution in [-0.4, -0.2) is 31.4 Å². The highest BCUT2D eigenvalue weighted by Crippen LogP contribution is 2.39. The quantitative estimate of drug-likeness (QED) is 0.310. The van der Waals surface area contributed by atoms with Crippen molar-refractivity contribution < 1.29 is 19.2 Å². The second-order valence-corrected chi connectivity index (χ2v) is 9.53. The van der Waals surface area contributed by atoms with Crippen molar-refractivity contribution in [1.82, 2.24) is 14.8 Å². The molecule has 0 fully saturated rings. The van der Waals surface area contributed by atoms with Gasteiger partial charge in [-0.25, -0.2) is 9.59 Å². The highest BCUT2D eigenvalue weighted by Gasteiger charge is 2.20. The number of aromatic amines is 1. The Kier molecular flexibility index (Phi) is 7.53. The fourth-order valence-corrected chi connectivity index (χ4v) is 3.70. The molecule has 0 aliphatic carbocycles. The van der Waals surface area contributed by atoms with Gasteiger partial charge in [0.25, 0.3) is 11.2 Å². The average Bonchev–Trinajstić information content (AvgIpc) is 2.71. The van der Waals surface area contributed by atoms with Gasteiger partial charge in [-0.3, -0.25) is 25.2 Å². The standard InChI is InChI=1S/C20H16BrCl2N5O7/c1-20(2,3)35-19(31)24-16-17(29)25-18(30)27(26-16)9-6-12(22)15(13(23)7-9)34-10-4-5-14(28(32)33)11(21)8-10/h4-8H,1-3H3,(H,24,26,31)(H,25,29,30). The number of aromatic nitrogens is 3. The van der Waals surface area contributed by atoms with Gasteiger partial charge in [0.2, 0.25) is 5.82 Å². The predicted molar refractivity (Wildman–Crippen MR) is 131 cm³/mol. The molecule has 1 amide bonds. The Hall–Kier alpha value is -3.42. The zero-order valence-electron chi connectivity index (χ0n) is 18.2. The van der Waals surface area contributed by atoms with Gasteiger partial charge in [-0.1, -0.05) is 23.2 Å². The number of nitrogens with one attached hydrogen (secondary N) is 2. The van der Waals surface area contributed by atoms with Crippen molar-refractivity contribution in [3.8, 4) is 17.2 Å². The third kappa shape index (κ3) is 6.38. The number of benzene rings is 2. The number of anilines is 1. The number of halogens is 3. The fourth-order valence-electron chi connectivity index (χ4n) is 2.64. The van der Waals surface area contributed by atoms with Crippen molar-refractivity contribution in [3.05, 3.63) is 75.8 Å². The molecule has 3 aromatic rings. The summed E-state index contributed by atoms with van der Waals surface area (Å²) in [5.41, 5.74) is -2.82. The number of nitro benzene ring substituents is 1. The summed E-state index contributed by atoms with van der Waals surface area (Å²) in [7, 11) is 0. The number of carbonyl (C=O) groups excluding carboxylic acids is 1. The minimum atomic E-state index is -0.949. The topological polar surface area (TPSA) is 158 Å². The van der Waals surface area contributed by atoms with Gasteiger partial charge in [-0.2, -0.15) is 4.68 Å². The van der Waals surface area contributed by atoms with E-state index in [1.165, 1.54) is 30.3 Å². The van der Waals surface area contributed by atoms with Crippen molar-refractivity contribution in [3.63, 3.8) is 0 Å². The number of H-pyrrole nitrogens is 1. The molecule has 0 saturated carbocycles. The van der Waals surface area contributed by atoms with Gasteiger partial charge in [-0.05, 0) is 54.9 Å². The van der Waals surface area contributed by atoms with E-state index in [0.717, 1.165) is 4.68 Å². The molecule has 0 atom stereocenters. The molecule has 0 aliphatic rings. The Morgan fingerprint density at radius 3 is 2.37 bits per heavy atom. The van der Waals surface area contributed by atoms with Gasteiger partial charge in [-0.15, -0.1) is 5.10 Å². The molecule has 0 radical (unpaired) electrons. The molecule has 12 nitrogen and oxygen atoms in total. The summed E-state index contributed by atoms with van der Waals surface area (Å²) in [5, 5.41) is 16.9. The van der Waals surface area contributed by atoms with E-state index in [9.17, 15) is 24.5 Å². The lowest BCUT2D eigenvalue weighted by molar-refractivity contribution is -0.385. The Bertz CT molecular complexity index is 1430. The molecular weight excluding hydrogens is 573 g/mol. The SMILES string of the molecule is CC(C)(C)OC(=O)Nc1nn(-c2cc(Cl)c(Oc3ccc([N+](=O)[O-])c(Br)c3)c(Cl)c2)c(=O)[nH]c1=O. The summed E-state index contributed by atoms with van der Waals surface area (Å²) >= 11 is 15.7. The lowest BCUT2D eigenvalue weighted by Crippen LogP contribution is -2.36. The van der Waals surface area contributed by atoms with Gasteiger partial charge in [0.05, 0.1) is 25.1 Å². The van der Waals surface area contributed by atoms with Gasteiger partial charge < -0.3 is 9.47 Å². The van der Waals surface area contributed by atoms with E-state index in [1.54, 1.807) is 20.8 Å². The molecule has 35 heavy (non-hydrogen) atoms. The minimum Gasteiger partial charge on any atom is -0.454 e. The summed E-state index contributed by atoms with van der Waals surface area (Å²) in [6.07, 6.45) is -0.949. The van der Waals surface area contributed by atoms with Crippen LogP contribution in [0.5, 0.6) is 11.5 Å². The number of rotatable bonds is 5. The third-order valence-electron chi connectivity index (χ3n) is 4.01. The maximum Gasteiger partial charge on any atom is 0.413 e. The van der Waals surface area contributed by atoms with Crippen LogP contribution in [-0.2, 0) is 4.74 Å². The Labute approximate surface area is 215 Å². The van der Waals surface area contributed by atoms with Gasteiger partial charge in [0.1, 0.15) is 11.4 Å². The van der Waals surface area contributed by atoms with E-state index >= 15 is 0 Å². The van der Waals surface area contributed by atoms with E-state index in [2.05, 4.69) is 26.3 Å². The molecule has 0 unspecified atom stereocenters. The van der Waals surface area contributed by atoms with Crippen LogP contribution in [0.25, 0.3) is 5.69 Å². The van der Waals surface area contributed by atoms with Crippen LogP contribution in [0.2, 0.25) is 10.0 Å². The molecule has 0 bridgehead atoms. The molecule has 3 rings (SSSR count). The lowest BCUT2D eigenvalue weighted by atomic mass is 10.2. The smallest absolute Gasteiger partial charge is 0.413 e. The molecule has 184 valence electrons. The monoisotopic (exact) mass is 587 g/mol.